The molecule has 126 valence electrons. The van der Waals surface area contributed by atoms with Crippen LogP contribution < -0.4 is 10.6 Å². The second-order valence-corrected chi connectivity index (χ2v) is 5.28. The van der Waals surface area contributed by atoms with Crippen LogP contribution >= 0.6 is 11.6 Å². The summed E-state index contributed by atoms with van der Waals surface area (Å²) in [4.78, 5) is 23.1. The van der Waals surface area contributed by atoms with Crippen LogP contribution in [0.1, 0.15) is 22.8 Å². The maximum absolute atomic E-state index is 12.9. The van der Waals surface area contributed by atoms with Crippen molar-refractivity contribution in [3.63, 3.8) is 0 Å². The predicted octanol–water partition coefficient (Wildman–Crippen LogP) is 4.57. The quantitative estimate of drug-likeness (QED) is 0.846. The van der Waals surface area contributed by atoms with Gasteiger partial charge in [0, 0.05) is 12.6 Å². The molecule has 0 fully saturated rings. The molecule has 0 atom stereocenters. The van der Waals surface area contributed by atoms with Crippen molar-refractivity contribution in [2.75, 3.05) is 10.6 Å². The first-order chi connectivity index (χ1) is 11.2. The molecule has 4 nitrogen and oxygen atoms in total. The van der Waals surface area contributed by atoms with E-state index in [1.807, 2.05) is 0 Å². The van der Waals surface area contributed by atoms with Gasteiger partial charge in [-0.05, 0) is 30.3 Å². The highest BCUT2D eigenvalue weighted by molar-refractivity contribution is 6.34. The molecule has 0 unspecified atom stereocenters. The number of benzene rings is 2. The zero-order valence-electron chi connectivity index (χ0n) is 12.4. The third-order valence-corrected chi connectivity index (χ3v) is 3.33. The van der Waals surface area contributed by atoms with Gasteiger partial charge < -0.3 is 10.6 Å². The SMILES string of the molecule is CC(=O)Nc1ccc(NC(=O)c2ccccc2C(F)(F)F)cc1Cl. The molecule has 2 rings (SSSR count). The first-order valence-corrected chi connectivity index (χ1v) is 7.11. The Hall–Kier alpha value is -2.54. The molecule has 0 radical (unpaired) electrons. The predicted molar refractivity (Wildman–Crippen MR) is 85.2 cm³/mol. The van der Waals surface area contributed by atoms with E-state index < -0.39 is 23.2 Å². The minimum atomic E-state index is -4.64. The monoisotopic (exact) mass is 356 g/mol. The standard InChI is InChI=1S/C16H12ClF3N2O2/c1-9(23)21-14-7-6-10(8-13(14)17)22-15(24)11-4-2-3-5-12(11)16(18,19)20/h2-8H,1H3,(H,21,23)(H,22,24). The molecule has 0 aliphatic heterocycles. The number of amides is 2. The normalized spacial score (nSPS) is 11.0. The fraction of sp³-hybridized carbons (Fsp3) is 0.125. The summed E-state index contributed by atoms with van der Waals surface area (Å²) in [6.45, 7) is 1.31. The highest BCUT2D eigenvalue weighted by Gasteiger charge is 2.34. The lowest BCUT2D eigenvalue weighted by Crippen LogP contribution is -2.18. The van der Waals surface area contributed by atoms with Crippen molar-refractivity contribution in [3.05, 3.63) is 58.6 Å². The lowest BCUT2D eigenvalue weighted by molar-refractivity contribution is -0.137. The number of carbonyl (C=O) groups excluding carboxylic acids is 2. The third kappa shape index (κ3) is 4.26. The topological polar surface area (TPSA) is 58.2 Å². The largest absolute Gasteiger partial charge is 0.417 e. The molecule has 0 aliphatic carbocycles. The Balaban J connectivity index is 2.25. The van der Waals surface area contributed by atoms with E-state index in [0.29, 0.717) is 5.69 Å². The van der Waals surface area contributed by atoms with Gasteiger partial charge in [0.05, 0.1) is 21.8 Å². The van der Waals surface area contributed by atoms with E-state index in [4.69, 9.17) is 11.6 Å². The van der Waals surface area contributed by atoms with Gasteiger partial charge in [-0.15, -0.1) is 0 Å². The number of hydrogen-bond donors (Lipinski definition) is 2. The third-order valence-electron chi connectivity index (χ3n) is 3.01. The first-order valence-electron chi connectivity index (χ1n) is 6.73. The maximum Gasteiger partial charge on any atom is 0.417 e. The lowest BCUT2D eigenvalue weighted by atomic mass is 10.1. The van der Waals surface area contributed by atoms with E-state index in [1.54, 1.807) is 0 Å². The van der Waals surface area contributed by atoms with Gasteiger partial charge >= 0.3 is 6.18 Å². The van der Waals surface area contributed by atoms with E-state index in [2.05, 4.69) is 10.6 Å². The first kappa shape index (κ1) is 17.8. The van der Waals surface area contributed by atoms with Gasteiger partial charge in [0.1, 0.15) is 0 Å². The van der Waals surface area contributed by atoms with Crippen LogP contribution in [0.5, 0.6) is 0 Å². The molecule has 0 aromatic heterocycles. The van der Waals surface area contributed by atoms with E-state index >= 15 is 0 Å². The minimum Gasteiger partial charge on any atom is -0.325 e. The van der Waals surface area contributed by atoms with E-state index in [9.17, 15) is 22.8 Å². The van der Waals surface area contributed by atoms with Crippen LogP contribution in [-0.2, 0) is 11.0 Å². The maximum atomic E-state index is 12.9. The van der Waals surface area contributed by atoms with Gasteiger partial charge in [0.15, 0.2) is 0 Å². The zero-order valence-corrected chi connectivity index (χ0v) is 13.1. The molecule has 0 saturated carbocycles. The molecule has 2 aromatic rings. The van der Waals surface area contributed by atoms with Crippen molar-refractivity contribution in [1.82, 2.24) is 0 Å². The smallest absolute Gasteiger partial charge is 0.325 e. The molecule has 0 bridgehead atoms. The van der Waals surface area contributed by atoms with Gasteiger partial charge in [-0.25, -0.2) is 0 Å². The fourth-order valence-corrected chi connectivity index (χ4v) is 2.24. The van der Waals surface area contributed by atoms with E-state index in [-0.39, 0.29) is 16.6 Å². The summed E-state index contributed by atoms with van der Waals surface area (Å²) in [7, 11) is 0. The van der Waals surface area contributed by atoms with Gasteiger partial charge in [0.25, 0.3) is 5.91 Å². The van der Waals surface area contributed by atoms with Crippen LogP contribution in [0.2, 0.25) is 5.02 Å². The highest BCUT2D eigenvalue weighted by Crippen LogP contribution is 2.32. The van der Waals surface area contributed by atoms with Crippen LogP contribution in [-0.4, -0.2) is 11.8 Å². The van der Waals surface area contributed by atoms with E-state index in [0.717, 1.165) is 12.1 Å². The zero-order chi connectivity index (χ0) is 17.9. The fourth-order valence-electron chi connectivity index (χ4n) is 2.01. The Morgan fingerprint density at radius 1 is 1.04 bits per heavy atom. The number of halogens is 4. The molecule has 0 heterocycles. The summed E-state index contributed by atoms with van der Waals surface area (Å²) >= 11 is 5.96. The van der Waals surface area contributed by atoms with Gasteiger partial charge in [-0.3, -0.25) is 9.59 Å². The molecule has 0 spiro atoms. The van der Waals surface area contributed by atoms with Crippen molar-refractivity contribution < 1.29 is 22.8 Å². The summed E-state index contributed by atoms with van der Waals surface area (Å²) in [6.07, 6.45) is -4.64. The number of anilines is 2. The second-order valence-electron chi connectivity index (χ2n) is 4.87. The Labute approximate surface area is 140 Å². The number of alkyl halides is 3. The van der Waals surface area contributed by atoms with Crippen molar-refractivity contribution in [1.29, 1.82) is 0 Å². The Kier molecular flexibility index (Phi) is 5.14. The number of carbonyl (C=O) groups is 2. The highest BCUT2D eigenvalue weighted by atomic mass is 35.5. The van der Waals surface area contributed by atoms with Gasteiger partial charge in [-0.1, -0.05) is 23.7 Å². The van der Waals surface area contributed by atoms with Crippen LogP contribution in [0.15, 0.2) is 42.5 Å². The molecule has 2 aromatic carbocycles. The van der Waals surface area contributed by atoms with Crippen LogP contribution in [0, 0.1) is 0 Å². The molecule has 0 saturated heterocycles. The Morgan fingerprint density at radius 3 is 2.29 bits per heavy atom. The minimum absolute atomic E-state index is 0.145. The second kappa shape index (κ2) is 6.92. The number of nitrogens with one attached hydrogen (secondary N) is 2. The summed E-state index contributed by atoms with van der Waals surface area (Å²) in [5.74, 6) is -1.24. The molecule has 8 heteroatoms. The Morgan fingerprint density at radius 2 is 1.71 bits per heavy atom. The summed E-state index contributed by atoms with van der Waals surface area (Å²) in [5.41, 5.74) is -0.982. The van der Waals surface area contributed by atoms with Crippen LogP contribution in [0.4, 0.5) is 24.5 Å². The summed E-state index contributed by atoms with van der Waals surface area (Å²) in [6, 6.07) is 8.67. The van der Waals surface area contributed by atoms with Crippen molar-refractivity contribution >= 4 is 34.8 Å². The van der Waals surface area contributed by atoms with Crippen molar-refractivity contribution in [2.45, 2.75) is 13.1 Å². The average molecular weight is 357 g/mol. The van der Waals surface area contributed by atoms with E-state index in [1.165, 1.54) is 37.3 Å². The number of hydrogen-bond acceptors (Lipinski definition) is 2. The molecule has 24 heavy (non-hydrogen) atoms. The summed E-state index contributed by atoms with van der Waals surface area (Å²) in [5, 5.41) is 4.98. The molecule has 0 aliphatic rings. The average Bonchev–Trinajstić information content (AvgIpc) is 2.49. The van der Waals surface area contributed by atoms with Gasteiger partial charge in [-0.2, -0.15) is 13.2 Å². The lowest BCUT2D eigenvalue weighted by Gasteiger charge is -2.13. The Bertz CT molecular complexity index is 791. The van der Waals surface area contributed by atoms with Gasteiger partial charge in [0.2, 0.25) is 5.91 Å². The molecule has 2 amide bonds. The van der Waals surface area contributed by atoms with Crippen molar-refractivity contribution in [2.24, 2.45) is 0 Å². The number of rotatable bonds is 3. The van der Waals surface area contributed by atoms with Crippen LogP contribution in [0.3, 0.4) is 0 Å². The van der Waals surface area contributed by atoms with Crippen molar-refractivity contribution in [3.8, 4) is 0 Å². The van der Waals surface area contributed by atoms with Crippen LogP contribution in [0.25, 0.3) is 0 Å². The molecule has 2 N–H and O–H groups in total. The molecular formula is C16H12ClF3N2O2. The molecular weight excluding hydrogens is 345 g/mol. The summed E-state index contributed by atoms with van der Waals surface area (Å²) < 4.78 is 38.8.